The van der Waals surface area contributed by atoms with Crippen molar-refractivity contribution >= 4 is 85.5 Å². The van der Waals surface area contributed by atoms with Crippen molar-refractivity contribution in [3.8, 4) is 0 Å². The van der Waals surface area contributed by atoms with E-state index in [1.54, 1.807) is 0 Å². The van der Waals surface area contributed by atoms with E-state index < -0.39 is 0 Å². The monoisotopic (exact) mass is 974 g/mol. The molecule has 8 aromatic rings. The van der Waals surface area contributed by atoms with Gasteiger partial charge in [-0.3, -0.25) is 0 Å². The highest BCUT2D eigenvalue weighted by Crippen LogP contribution is 2.55. The van der Waals surface area contributed by atoms with Gasteiger partial charge >= 0.3 is 0 Å². The lowest BCUT2D eigenvalue weighted by molar-refractivity contribution is 0.332. The second-order valence-electron chi connectivity index (χ2n) is 27.3. The molecule has 12 rings (SSSR count). The Labute approximate surface area is 442 Å². The Bertz CT molecular complexity index is 3520. The number of hydrogen-bond donors (Lipinski definition) is 0. The molecule has 3 heterocycles. The number of benzene rings is 7. The van der Waals surface area contributed by atoms with Crippen LogP contribution in [0.15, 0.2) is 144 Å². The second kappa shape index (κ2) is 16.3. The van der Waals surface area contributed by atoms with E-state index in [0.717, 1.165) is 64.3 Å². The lowest BCUT2D eigenvalue weighted by Crippen LogP contribution is -2.61. The zero-order chi connectivity index (χ0) is 52.2. The van der Waals surface area contributed by atoms with E-state index in [1.165, 1.54) is 79.0 Å². The standard InChI is InChI=1S/C69H76BN3O/c1-43-36-44(64(2,3)4)26-30-56(43)73-59-40-49(71(46-22-18-16-19-23-46)47-24-20-17-21-25-47)39-58-61(59)70(63-62(73)50-37-45(65(5,6)7)27-31-60(50)74-63)55-41-53-54(69(14,15)35-34-68(53,12)13)42-57(55)72(58)48-28-29-51-52(38-48)67(10,11)33-32-66(51,8)9/h16-31,36-42H,32-35H2,1-15H3. The molecule has 7 aromatic carbocycles. The molecular formula is C69H76BN3O. The maximum Gasteiger partial charge on any atom is 0.297 e. The highest BCUT2D eigenvalue weighted by atomic mass is 16.3. The molecule has 0 saturated heterocycles. The minimum atomic E-state index is -0.188. The summed E-state index contributed by atoms with van der Waals surface area (Å²) in [6.45, 7) is 35.8. The minimum absolute atomic E-state index is 0.00406. The molecule has 376 valence electrons. The molecule has 0 radical (unpaired) electrons. The molecule has 1 aromatic heterocycles. The average molecular weight is 974 g/mol. The molecule has 0 fully saturated rings. The molecule has 0 spiro atoms. The smallest absolute Gasteiger partial charge is 0.297 e. The lowest BCUT2D eigenvalue weighted by Gasteiger charge is -2.47. The maximum absolute atomic E-state index is 7.58. The van der Waals surface area contributed by atoms with Gasteiger partial charge in [-0.15, -0.1) is 0 Å². The predicted octanol–water partition coefficient (Wildman–Crippen LogP) is 17.6. The quantitative estimate of drug-likeness (QED) is 0.160. The topological polar surface area (TPSA) is 22.9 Å². The number of nitrogens with zero attached hydrogens (tertiary/aromatic N) is 3. The minimum Gasteiger partial charge on any atom is -0.468 e. The molecule has 0 unspecified atom stereocenters. The first-order chi connectivity index (χ1) is 34.8. The van der Waals surface area contributed by atoms with Gasteiger partial charge < -0.3 is 19.1 Å². The fraction of sp³-hybridized carbons (Fsp3) is 0.362. The highest BCUT2D eigenvalue weighted by Gasteiger charge is 2.50. The second-order valence-corrected chi connectivity index (χ2v) is 27.3. The van der Waals surface area contributed by atoms with Crippen LogP contribution in [0.4, 0.5) is 51.2 Å². The van der Waals surface area contributed by atoms with E-state index in [9.17, 15) is 0 Å². The van der Waals surface area contributed by atoms with Gasteiger partial charge in [-0.1, -0.05) is 164 Å². The van der Waals surface area contributed by atoms with Crippen molar-refractivity contribution in [2.45, 2.75) is 162 Å². The number of fused-ring (bicyclic) bond motifs is 8. The first kappa shape index (κ1) is 48.5. The van der Waals surface area contributed by atoms with Crippen LogP contribution in [0.25, 0.3) is 11.0 Å². The van der Waals surface area contributed by atoms with Gasteiger partial charge in [0.15, 0.2) is 0 Å². The number of rotatable bonds is 5. The number of furan rings is 1. The van der Waals surface area contributed by atoms with Crippen LogP contribution in [-0.2, 0) is 32.5 Å². The SMILES string of the molecule is Cc1cc(C(C)(C)C)ccc1N1c2cc(N(c3ccccc3)c3ccccc3)cc3c2B(c2cc4c(cc2N3c2ccc3c(c2)C(C)(C)CCC3(C)C)C(C)(C)CCC4(C)C)c2oc3ccc(C(C)(C)C)cc3c21. The summed E-state index contributed by atoms with van der Waals surface area (Å²) in [5.74, 6) is 0. The van der Waals surface area contributed by atoms with E-state index in [-0.39, 0.29) is 39.2 Å². The fourth-order valence-electron chi connectivity index (χ4n) is 13.3. The maximum atomic E-state index is 7.58. The first-order valence-electron chi connectivity index (χ1n) is 27.5. The van der Waals surface area contributed by atoms with Crippen molar-refractivity contribution < 1.29 is 4.42 Å². The normalized spacial score (nSPS) is 17.8. The molecular weight excluding hydrogens is 898 g/mol. The molecule has 4 nitrogen and oxygen atoms in total. The third kappa shape index (κ3) is 7.52. The summed E-state index contributed by atoms with van der Waals surface area (Å²) in [5, 5.41) is 1.15. The molecule has 2 aliphatic carbocycles. The van der Waals surface area contributed by atoms with Crippen LogP contribution in [-0.4, -0.2) is 6.71 Å². The van der Waals surface area contributed by atoms with Crippen LogP contribution in [0.2, 0.25) is 0 Å². The number of hydrogen-bond acceptors (Lipinski definition) is 4. The highest BCUT2D eigenvalue weighted by molar-refractivity contribution is 7.00. The first-order valence-corrected chi connectivity index (χ1v) is 27.5. The molecule has 74 heavy (non-hydrogen) atoms. The summed E-state index contributed by atoms with van der Waals surface area (Å²) in [6, 6.07) is 53.9. The molecule has 2 aliphatic heterocycles. The van der Waals surface area contributed by atoms with Crippen LogP contribution < -0.4 is 31.3 Å². The van der Waals surface area contributed by atoms with Gasteiger partial charge in [0.2, 0.25) is 0 Å². The molecule has 0 N–H and O–H groups in total. The van der Waals surface area contributed by atoms with E-state index in [0.29, 0.717) is 0 Å². The lowest BCUT2D eigenvalue weighted by atomic mass is 9.35. The molecule has 5 heteroatoms. The summed E-state index contributed by atoms with van der Waals surface area (Å²) < 4.78 is 7.58. The van der Waals surface area contributed by atoms with Crippen LogP contribution >= 0.6 is 0 Å². The van der Waals surface area contributed by atoms with Gasteiger partial charge in [0, 0.05) is 45.2 Å². The zero-order valence-electron chi connectivity index (χ0n) is 46.9. The number of para-hydroxylation sites is 2. The fourth-order valence-corrected chi connectivity index (χ4v) is 13.3. The van der Waals surface area contributed by atoms with Crippen molar-refractivity contribution in [3.63, 3.8) is 0 Å². The van der Waals surface area contributed by atoms with Crippen LogP contribution in [0.3, 0.4) is 0 Å². The summed E-state index contributed by atoms with van der Waals surface area (Å²) in [4.78, 5) is 7.75. The Morgan fingerprint density at radius 2 is 0.986 bits per heavy atom. The van der Waals surface area contributed by atoms with Crippen molar-refractivity contribution in [3.05, 3.63) is 178 Å². The van der Waals surface area contributed by atoms with Crippen molar-refractivity contribution in [2.75, 3.05) is 14.7 Å². The van der Waals surface area contributed by atoms with Gasteiger partial charge in [0.05, 0.1) is 17.0 Å². The Kier molecular flexibility index (Phi) is 10.7. The zero-order valence-corrected chi connectivity index (χ0v) is 46.9. The molecule has 0 bridgehead atoms. The van der Waals surface area contributed by atoms with Gasteiger partial charge in [0.1, 0.15) is 5.58 Å². The summed E-state index contributed by atoms with van der Waals surface area (Å²) in [6.07, 6.45) is 4.59. The number of anilines is 9. The molecule has 4 aliphatic rings. The molecule has 0 amide bonds. The summed E-state index contributed by atoms with van der Waals surface area (Å²) >= 11 is 0. The van der Waals surface area contributed by atoms with E-state index in [4.69, 9.17) is 4.42 Å². The average Bonchev–Trinajstić information content (AvgIpc) is 3.73. The van der Waals surface area contributed by atoms with Crippen LogP contribution in [0.1, 0.15) is 162 Å². The molecule has 0 atom stereocenters. The largest absolute Gasteiger partial charge is 0.468 e. The van der Waals surface area contributed by atoms with Gasteiger partial charge in [-0.25, -0.2) is 0 Å². The van der Waals surface area contributed by atoms with Gasteiger partial charge in [-0.05, 0) is 188 Å². The summed E-state index contributed by atoms with van der Waals surface area (Å²) in [7, 11) is 0. The van der Waals surface area contributed by atoms with Crippen LogP contribution in [0, 0.1) is 6.92 Å². The van der Waals surface area contributed by atoms with Crippen molar-refractivity contribution in [1.82, 2.24) is 0 Å². The third-order valence-electron chi connectivity index (χ3n) is 18.2. The Balaban J connectivity index is 1.27. The van der Waals surface area contributed by atoms with E-state index in [2.05, 4.69) is 258 Å². The Hall–Kier alpha value is -6.46. The van der Waals surface area contributed by atoms with Gasteiger partial charge in [0.25, 0.3) is 6.71 Å². The van der Waals surface area contributed by atoms with Crippen molar-refractivity contribution in [2.24, 2.45) is 0 Å². The van der Waals surface area contributed by atoms with Gasteiger partial charge in [-0.2, -0.15) is 0 Å². The van der Waals surface area contributed by atoms with Crippen molar-refractivity contribution in [1.29, 1.82) is 0 Å². The Morgan fingerprint density at radius 1 is 0.473 bits per heavy atom. The third-order valence-corrected chi connectivity index (χ3v) is 18.2. The predicted molar refractivity (Wildman–Crippen MR) is 318 cm³/mol. The van der Waals surface area contributed by atoms with Crippen LogP contribution in [0.5, 0.6) is 0 Å². The van der Waals surface area contributed by atoms with E-state index in [1.807, 2.05) is 0 Å². The Morgan fingerprint density at radius 3 is 1.55 bits per heavy atom. The summed E-state index contributed by atoms with van der Waals surface area (Å²) in [5.41, 5.74) is 24.6. The molecule has 0 saturated carbocycles. The van der Waals surface area contributed by atoms with E-state index >= 15 is 0 Å². The number of aryl methyl sites for hydroxylation is 1.